The molecule has 0 saturated heterocycles. The van der Waals surface area contributed by atoms with Gasteiger partial charge in [0.05, 0.1) is 5.69 Å². The fraction of sp³-hybridized carbons (Fsp3) is 0.217. The molecule has 0 aliphatic heterocycles. The highest BCUT2D eigenvalue weighted by Crippen LogP contribution is 2.28. The predicted octanol–water partition coefficient (Wildman–Crippen LogP) is 4.85. The minimum atomic E-state index is -4.63. The topological polar surface area (TPSA) is 96.7 Å². The number of halogens is 3. The van der Waals surface area contributed by atoms with Crippen molar-refractivity contribution in [2.24, 2.45) is 0 Å². The Morgan fingerprint density at radius 1 is 1.03 bits per heavy atom. The van der Waals surface area contributed by atoms with E-state index in [0.717, 1.165) is 5.56 Å². The van der Waals surface area contributed by atoms with Gasteiger partial charge in [-0.1, -0.05) is 44.2 Å². The second kappa shape index (κ2) is 8.53. The monoisotopic (exact) mass is 455 g/mol. The van der Waals surface area contributed by atoms with Gasteiger partial charge in [-0.15, -0.1) is 0 Å². The van der Waals surface area contributed by atoms with Crippen LogP contribution in [0.15, 0.2) is 65.3 Å². The summed E-state index contributed by atoms with van der Waals surface area (Å²) in [5, 5.41) is 8.31. The van der Waals surface area contributed by atoms with E-state index >= 15 is 0 Å². The Balaban J connectivity index is 1.45. The maximum Gasteiger partial charge on any atom is 0.451 e. The van der Waals surface area contributed by atoms with Gasteiger partial charge in [0.15, 0.2) is 5.82 Å². The predicted molar refractivity (Wildman–Crippen MR) is 114 cm³/mol. The molecule has 0 spiro atoms. The molecular weight excluding hydrogens is 435 g/mol. The van der Waals surface area contributed by atoms with Gasteiger partial charge >= 0.3 is 6.18 Å². The number of H-pyrrole nitrogens is 1. The van der Waals surface area contributed by atoms with Crippen molar-refractivity contribution in [1.29, 1.82) is 0 Å². The van der Waals surface area contributed by atoms with E-state index in [1.54, 1.807) is 18.4 Å². The summed E-state index contributed by atoms with van der Waals surface area (Å²) in [6, 6.07) is 15.6. The van der Waals surface area contributed by atoms with Gasteiger partial charge in [0.1, 0.15) is 6.26 Å². The molecule has 4 rings (SSSR count). The van der Waals surface area contributed by atoms with Crippen LogP contribution in [0.25, 0.3) is 22.8 Å². The fourth-order valence-corrected chi connectivity index (χ4v) is 3.11. The Morgan fingerprint density at radius 2 is 1.76 bits per heavy atom. The van der Waals surface area contributed by atoms with E-state index in [1.807, 2.05) is 49.3 Å². The van der Waals surface area contributed by atoms with Gasteiger partial charge in [0.2, 0.25) is 11.7 Å². The minimum absolute atomic E-state index is 0.145. The van der Waals surface area contributed by atoms with Gasteiger partial charge in [-0.05, 0) is 24.3 Å². The standard InChI is InChI=1S/C23H20F3N5O2/c1-22(2,17-12-33-20(28-17)14-7-4-3-5-8-14)13-27-19(32)16-10-6-9-15(11-16)18-29-21(31-30-18)23(24,25)26/h3-12H,13H2,1-2H3,(H,27,32)(H,29,30,31). The molecule has 0 bridgehead atoms. The van der Waals surface area contributed by atoms with Gasteiger partial charge in [-0.25, -0.2) is 9.97 Å². The molecule has 0 unspecified atom stereocenters. The number of nitrogens with one attached hydrogen (secondary N) is 2. The number of hydrogen-bond acceptors (Lipinski definition) is 5. The lowest BCUT2D eigenvalue weighted by Crippen LogP contribution is -2.37. The molecule has 10 heteroatoms. The van der Waals surface area contributed by atoms with Crippen molar-refractivity contribution < 1.29 is 22.4 Å². The zero-order valence-corrected chi connectivity index (χ0v) is 17.8. The molecule has 4 aromatic rings. The molecule has 1 amide bonds. The van der Waals surface area contributed by atoms with Crippen LogP contribution < -0.4 is 5.32 Å². The summed E-state index contributed by atoms with van der Waals surface area (Å²) in [7, 11) is 0. The van der Waals surface area contributed by atoms with E-state index < -0.39 is 17.4 Å². The average Bonchev–Trinajstić information content (AvgIpc) is 3.49. The van der Waals surface area contributed by atoms with E-state index in [-0.39, 0.29) is 29.4 Å². The first kappa shape index (κ1) is 22.3. The molecule has 0 fully saturated rings. The van der Waals surface area contributed by atoms with Gasteiger partial charge in [-0.3, -0.25) is 9.89 Å². The molecule has 33 heavy (non-hydrogen) atoms. The molecule has 2 heterocycles. The third kappa shape index (κ3) is 4.94. The van der Waals surface area contributed by atoms with Gasteiger partial charge < -0.3 is 9.73 Å². The van der Waals surface area contributed by atoms with Crippen LogP contribution in [-0.2, 0) is 11.6 Å². The Kier molecular flexibility index (Phi) is 5.75. The molecule has 170 valence electrons. The summed E-state index contributed by atoms with van der Waals surface area (Å²) >= 11 is 0. The Hall–Kier alpha value is -3.95. The molecule has 2 N–H and O–H groups in total. The number of aromatic amines is 1. The van der Waals surface area contributed by atoms with Crippen LogP contribution in [0.1, 0.15) is 35.7 Å². The first-order valence-electron chi connectivity index (χ1n) is 10.0. The molecular formula is C23H20F3N5O2. The Morgan fingerprint density at radius 3 is 2.45 bits per heavy atom. The highest BCUT2D eigenvalue weighted by atomic mass is 19.4. The maximum atomic E-state index is 12.8. The van der Waals surface area contributed by atoms with Crippen LogP contribution in [0.2, 0.25) is 0 Å². The Labute approximate surface area is 187 Å². The van der Waals surface area contributed by atoms with E-state index in [2.05, 4.69) is 20.4 Å². The maximum absolute atomic E-state index is 12.8. The number of benzene rings is 2. The number of aromatic nitrogens is 4. The minimum Gasteiger partial charge on any atom is -0.444 e. The van der Waals surface area contributed by atoms with E-state index in [0.29, 0.717) is 11.6 Å². The van der Waals surface area contributed by atoms with Crippen molar-refractivity contribution in [3.05, 3.63) is 77.9 Å². The lowest BCUT2D eigenvalue weighted by molar-refractivity contribution is -0.144. The number of alkyl halides is 3. The summed E-state index contributed by atoms with van der Waals surface area (Å²) in [6.07, 6.45) is -3.07. The normalized spacial score (nSPS) is 12.0. The van der Waals surface area contributed by atoms with Crippen LogP contribution in [0.3, 0.4) is 0 Å². The zero-order chi connectivity index (χ0) is 23.6. The molecule has 0 atom stereocenters. The molecule has 0 aliphatic carbocycles. The van der Waals surface area contributed by atoms with Crippen LogP contribution in [0.5, 0.6) is 0 Å². The number of carbonyl (C=O) groups is 1. The number of nitrogens with zero attached hydrogens (tertiary/aromatic N) is 3. The van der Waals surface area contributed by atoms with Crippen LogP contribution >= 0.6 is 0 Å². The molecule has 0 saturated carbocycles. The van der Waals surface area contributed by atoms with Crippen molar-refractivity contribution in [3.8, 4) is 22.8 Å². The van der Waals surface area contributed by atoms with Crippen molar-refractivity contribution in [2.75, 3.05) is 6.54 Å². The van der Waals surface area contributed by atoms with Crippen molar-refractivity contribution >= 4 is 5.91 Å². The van der Waals surface area contributed by atoms with Crippen molar-refractivity contribution in [1.82, 2.24) is 25.5 Å². The molecule has 0 radical (unpaired) electrons. The summed E-state index contributed by atoms with van der Waals surface area (Å²) in [5.74, 6) is -1.24. The largest absolute Gasteiger partial charge is 0.451 e. The molecule has 0 aliphatic rings. The third-order valence-corrected chi connectivity index (χ3v) is 5.05. The van der Waals surface area contributed by atoms with Crippen molar-refractivity contribution in [2.45, 2.75) is 25.4 Å². The van der Waals surface area contributed by atoms with Crippen LogP contribution in [-0.4, -0.2) is 32.6 Å². The highest BCUT2D eigenvalue weighted by molar-refractivity contribution is 5.95. The average molecular weight is 455 g/mol. The van der Waals surface area contributed by atoms with Crippen LogP contribution in [0.4, 0.5) is 13.2 Å². The molecule has 7 nitrogen and oxygen atoms in total. The first-order valence-corrected chi connectivity index (χ1v) is 10.0. The van der Waals surface area contributed by atoms with Gasteiger partial charge in [0.25, 0.3) is 5.91 Å². The summed E-state index contributed by atoms with van der Waals surface area (Å²) < 4.78 is 43.9. The number of carbonyl (C=O) groups excluding carboxylic acids is 1. The second-order valence-corrected chi connectivity index (χ2v) is 8.06. The van der Waals surface area contributed by atoms with Gasteiger partial charge in [0, 0.05) is 28.7 Å². The fourth-order valence-electron chi connectivity index (χ4n) is 3.11. The van der Waals surface area contributed by atoms with E-state index in [9.17, 15) is 18.0 Å². The zero-order valence-electron chi connectivity index (χ0n) is 17.8. The number of hydrogen-bond donors (Lipinski definition) is 2. The number of rotatable bonds is 6. The van der Waals surface area contributed by atoms with Crippen molar-refractivity contribution in [3.63, 3.8) is 0 Å². The second-order valence-electron chi connectivity index (χ2n) is 8.06. The lowest BCUT2D eigenvalue weighted by Gasteiger charge is -2.22. The number of amides is 1. The highest BCUT2D eigenvalue weighted by Gasteiger charge is 2.35. The first-order chi connectivity index (χ1) is 15.6. The molecule has 2 aromatic heterocycles. The number of oxazole rings is 1. The van der Waals surface area contributed by atoms with Crippen LogP contribution in [0, 0.1) is 0 Å². The summed E-state index contributed by atoms with van der Waals surface area (Å²) in [5.41, 5.74) is 1.55. The van der Waals surface area contributed by atoms with Gasteiger partial charge in [-0.2, -0.15) is 18.3 Å². The van der Waals surface area contributed by atoms with E-state index in [1.165, 1.54) is 12.1 Å². The summed E-state index contributed by atoms with van der Waals surface area (Å²) in [6.45, 7) is 4.10. The third-order valence-electron chi connectivity index (χ3n) is 5.05. The Bertz CT molecular complexity index is 1260. The lowest BCUT2D eigenvalue weighted by atomic mass is 9.90. The SMILES string of the molecule is CC(C)(CNC(=O)c1cccc(-c2n[nH]c(C(F)(F)F)n2)c1)c1coc(-c2ccccc2)n1. The van der Waals surface area contributed by atoms with E-state index in [4.69, 9.17) is 4.42 Å². The summed E-state index contributed by atoms with van der Waals surface area (Å²) in [4.78, 5) is 20.7. The quantitative estimate of drug-likeness (QED) is 0.433. The molecule has 2 aromatic carbocycles. The smallest absolute Gasteiger partial charge is 0.444 e.